The summed E-state index contributed by atoms with van der Waals surface area (Å²) in [7, 11) is 2.97. The fraction of sp³-hybridized carbons (Fsp3) is 0.667. The Morgan fingerprint density at radius 2 is 1.75 bits per heavy atom. The van der Waals surface area contributed by atoms with Crippen LogP contribution in [0.15, 0.2) is 5.16 Å². The Kier molecular flexibility index (Phi) is 5.27. The second kappa shape index (κ2) is 6.49. The van der Waals surface area contributed by atoms with Crippen LogP contribution in [0, 0.1) is 5.92 Å². The van der Waals surface area contributed by atoms with Gasteiger partial charge in [-0.15, -0.1) is 4.98 Å². The lowest BCUT2D eigenvalue weighted by Gasteiger charge is -2.07. The maximum atomic E-state index is 8.90. The summed E-state index contributed by atoms with van der Waals surface area (Å²) in [5.41, 5.74) is 0. The fourth-order valence-electron chi connectivity index (χ4n) is 0.837. The molecule has 1 N–H and O–H groups in total. The standard InChI is InChI=1S/C9H15N3O3S/c1-6(4-13)5-16-9-11-7(14-2)10-8(12-9)15-3/h6,13H,4-5H2,1-3H3. The normalized spacial score (nSPS) is 12.2. The van der Waals surface area contributed by atoms with Crippen LogP contribution in [0.3, 0.4) is 0 Å². The van der Waals surface area contributed by atoms with Crippen molar-refractivity contribution in [2.75, 3.05) is 26.6 Å². The van der Waals surface area contributed by atoms with E-state index in [0.29, 0.717) is 5.16 Å². The first-order valence-electron chi connectivity index (χ1n) is 4.77. The molecule has 0 radical (unpaired) electrons. The lowest BCUT2D eigenvalue weighted by Crippen LogP contribution is -2.05. The number of aliphatic hydroxyl groups is 1. The fourth-order valence-corrected chi connectivity index (χ4v) is 1.66. The van der Waals surface area contributed by atoms with Crippen molar-refractivity contribution in [3.05, 3.63) is 0 Å². The molecule has 1 unspecified atom stereocenters. The van der Waals surface area contributed by atoms with E-state index in [1.807, 2.05) is 6.92 Å². The van der Waals surface area contributed by atoms with Crippen molar-refractivity contribution in [3.8, 4) is 12.0 Å². The van der Waals surface area contributed by atoms with Gasteiger partial charge in [-0.3, -0.25) is 0 Å². The SMILES string of the molecule is COc1nc(OC)nc(SCC(C)CO)n1. The van der Waals surface area contributed by atoms with Crippen LogP contribution in [-0.2, 0) is 0 Å². The minimum absolute atomic E-state index is 0.145. The van der Waals surface area contributed by atoms with E-state index in [4.69, 9.17) is 14.6 Å². The van der Waals surface area contributed by atoms with Gasteiger partial charge < -0.3 is 14.6 Å². The molecular formula is C9H15N3O3S. The molecule has 0 spiro atoms. The largest absolute Gasteiger partial charge is 0.467 e. The van der Waals surface area contributed by atoms with Gasteiger partial charge in [-0.2, -0.15) is 9.97 Å². The van der Waals surface area contributed by atoms with E-state index in [1.165, 1.54) is 26.0 Å². The summed E-state index contributed by atoms with van der Waals surface area (Å²) in [6.07, 6.45) is 0. The summed E-state index contributed by atoms with van der Waals surface area (Å²) >= 11 is 1.43. The number of rotatable bonds is 6. The first-order chi connectivity index (χ1) is 7.69. The van der Waals surface area contributed by atoms with E-state index < -0.39 is 0 Å². The molecule has 1 atom stereocenters. The smallest absolute Gasteiger partial charge is 0.323 e. The molecule has 16 heavy (non-hydrogen) atoms. The van der Waals surface area contributed by atoms with Gasteiger partial charge in [0.15, 0.2) is 5.16 Å². The number of ether oxygens (including phenoxy) is 2. The molecule has 0 saturated carbocycles. The number of hydrogen-bond donors (Lipinski definition) is 1. The summed E-state index contributed by atoms with van der Waals surface area (Å²) in [6.45, 7) is 2.09. The highest BCUT2D eigenvalue weighted by atomic mass is 32.2. The summed E-state index contributed by atoms with van der Waals surface area (Å²) in [6, 6.07) is 0.456. The third-order valence-electron chi connectivity index (χ3n) is 1.75. The molecule has 90 valence electrons. The van der Waals surface area contributed by atoms with Gasteiger partial charge in [0.1, 0.15) is 0 Å². The Morgan fingerprint density at radius 3 is 2.19 bits per heavy atom. The minimum Gasteiger partial charge on any atom is -0.467 e. The Bertz CT molecular complexity index is 316. The van der Waals surface area contributed by atoms with Crippen molar-refractivity contribution in [1.82, 2.24) is 15.0 Å². The van der Waals surface area contributed by atoms with Gasteiger partial charge in [0.2, 0.25) is 0 Å². The topological polar surface area (TPSA) is 77.4 Å². The Labute approximate surface area is 98.4 Å². The first-order valence-corrected chi connectivity index (χ1v) is 5.75. The number of methoxy groups -OCH3 is 2. The first kappa shape index (κ1) is 13.0. The highest BCUT2D eigenvalue weighted by molar-refractivity contribution is 7.99. The number of aromatic nitrogens is 3. The predicted octanol–water partition coefficient (Wildman–Crippen LogP) is 0.609. The van der Waals surface area contributed by atoms with Crippen molar-refractivity contribution in [2.24, 2.45) is 5.92 Å². The maximum Gasteiger partial charge on any atom is 0.323 e. The van der Waals surface area contributed by atoms with Crippen LogP contribution < -0.4 is 9.47 Å². The molecule has 1 aromatic rings. The number of hydrogen-bond acceptors (Lipinski definition) is 7. The van der Waals surface area contributed by atoms with Gasteiger partial charge in [-0.05, 0) is 5.92 Å². The van der Waals surface area contributed by atoms with Crippen LogP contribution in [0.2, 0.25) is 0 Å². The average Bonchev–Trinajstić information content (AvgIpc) is 2.35. The van der Waals surface area contributed by atoms with Gasteiger partial charge in [0.05, 0.1) is 14.2 Å². The third kappa shape index (κ3) is 3.82. The van der Waals surface area contributed by atoms with E-state index in [0.717, 1.165) is 5.75 Å². The predicted molar refractivity (Wildman–Crippen MR) is 59.9 cm³/mol. The van der Waals surface area contributed by atoms with Crippen molar-refractivity contribution in [3.63, 3.8) is 0 Å². The van der Waals surface area contributed by atoms with Gasteiger partial charge in [-0.1, -0.05) is 18.7 Å². The van der Waals surface area contributed by atoms with Gasteiger partial charge in [-0.25, -0.2) is 0 Å². The zero-order valence-electron chi connectivity index (χ0n) is 9.51. The van der Waals surface area contributed by atoms with Crippen LogP contribution >= 0.6 is 11.8 Å². The van der Waals surface area contributed by atoms with Crippen molar-refractivity contribution < 1.29 is 14.6 Å². The Morgan fingerprint density at radius 1 is 1.19 bits per heavy atom. The minimum atomic E-state index is 0.145. The second-order valence-corrected chi connectivity index (χ2v) is 4.18. The molecule has 1 rings (SSSR count). The van der Waals surface area contributed by atoms with Gasteiger partial charge in [0, 0.05) is 12.4 Å². The van der Waals surface area contributed by atoms with Crippen LogP contribution in [-0.4, -0.2) is 46.6 Å². The number of nitrogens with zero attached hydrogens (tertiary/aromatic N) is 3. The number of thioether (sulfide) groups is 1. The lowest BCUT2D eigenvalue weighted by molar-refractivity contribution is 0.250. The summed E-state index contributed by atoms with van der Waals surface area (Å²) < 4.78 is 9.85. The van der Waals surface area contributed by atoms with E-state index in [9.17, 15) is 0 Å². The summed E-state index contributed by atoms with van der Waals surface area (Å²) in [5, 5.41) is 9.43. The zero-order valence-corrected chi connectivity index (χ0v) is 10.3. The molecule has 0 amide bonds. The molecule has 0 aliphatic heterocycles. The molecule has 0 aromatic carbocycles. The monoisotopic (exact) mass is 245 g/mol. The van der Waals surface area contributed by atoms with Gasteiger partial charge in [0.25, 0.3) is 0 Å². The Hall–Kier alpha value is -1.08. The van der Waals surface area contributed by atoms with Crippen molar-refractivity contribution >= 4 is 11.8 Å². The van der Waals surface area contributed by atoms with E-state index in [1.54, 1.807) is 0 Å². The second-order valence-electron chi connectivity index (χ2n) is 3.19. The highest BCUT2D eigenvalue weighted by Crippen LogP contribution is 2.20. The molecule has 0 fully saturated rings. The average molecular weight is 245 g/mol. The molecule has 7 heteroatoms. The molecule has 1 aromatic heterocycles. The molecule has 0 saturated heterocycles. The summed E-state index contributed by atoms with van der Waals surface area (Å²) in [4.78, 5) is 12.0. The molecule has 0 aliphatic rings. The number of aliphatic hydroxyl groups excluding tert-OH is 1. The Balaban J connectivity index is 2.71. The van der Waals surface area contributed by atoms with E-state index in [-0.39, 0.29) is 24.5 Å². The lowest BCUT2D eigenvalue weighted by atomic mass is 10.2. The molecular weight excluding hydrogens is 230 g/mol. The molecule has 0 bridgehead atoms. The molecule has 6 nitrogen and oxygen atoms in total. The van der Waals surface area contributed by atoms with Crippen molar-refractivity contribution in [1.29, 1.82) is 0 Å². The third-order valence-corrected chi connectivity index (χ3v) is 2.92. The van der Waals surface area contributed by atoms with Gasteiger partial charge >= 0.3 is 12.0 Å². The highest BCUT2D eigenvalue weighted by Gasteiger charge is 2.09. The molecule has 1 heterocycles. The van der Waals surface area contributed by atoms with Crippen LogP contribution in [0.25, 0.3) is 0 Å². The van der Waals surface area contributed by atoms with Crippen LogP contribution in [0.5, 0.6) is 12.0 Å². The summed E-state index contributed by atoms with van der Waals surface area (Å²) in [5.74, 6) is 0.922. The van der Waals surface area contributed by atoms with Crippen molar-refractivity contribution in [2.45, 2.75) is 12.1 Å². The van der Waals surface area contributed by atoms with Crippen LogP contribution in [0.1, 0.15) is 6.92 Å². The maximum absolute atomic E-state index is 8.90. The molecule has 0 aliphatic carbocycles. The quantitative estimate of drug-likeness (QED) is 0.736. The zero-order chi connectivity index (χ0) is 12.0. The van der Waals surface area contributed by atoms with Crippen LogP contribution in [0.4, 0.5) is 0 Å². The van der Waals surface area contributed by atoms with E-state index in [2.05, 4.69) is 15.0 Å². The van der Waals surface area contributed by atoms with E-state index >= 15 is 0 Å².